The Morgan fingerprint density at radius 2 is 1.41 bits per heavy atom. The maximum absolute atomic E-state index is 14.6. The van der Waals surface area contributed by atoms with Gasteiger partial charge in [0.15, 0.2) is 0 Å². The third-order valence-corrected chi connectivity index (χ3v) is 7.15. The molecule has 39 heavy (non-hydrogen) atoms. The number of halogens is 5. The largest absolute Gasteiger partial charge is 0.573 e. The van der Waals surface area contributed by atoms with Gasteiger partial charge in [-0.05, 0) is 66.6 Å². The number of esters is 1. The van der Waals surface area contributed by atoms with E-state index >= 15 is 0 Å². The number of ether oxygens (including phenoxy) is 2. The van der Waals surface area contributed by atoms with E-state index in [2.05, 4.69) is 9.73 Å². The molecule has 4 nitrogen and oxygen atoms in total. The van der Waals surface area contributed by atoms with Crippen LogP contribution < -0.4 is 4.74 Å². The first-order chi connectivity index (χ1) is 18.7. The summed E-state index contributed by atoms with van der Waals surface area (Å²) in [6, 6.07) is 15.4. The molecule has 0 N–H and O–H groups in total. The molecular formula is C30H26F5NO3. The van der Waals surface area contributed by atoms with Crippen LogP contribution in [0.2, 0.25) is 0 Å². The first kappa shape index (κ1) is 26.8. The van der Waals surface area contributed by atoms with Crippen molar-refractivity contribution in [2.75, 3.05) is 0 Å². The van der Waals surface area contributed by atoms with Crippen molar-refractivity contribution in [1.82, 2.24) is 0 Å². The Hall–Kier alpha value is -3.75. The van der Waals surface area contributed by atoms with Crippen LogP contribution in [0.4, 0.5) is 22.0 Å². The number of hydrogen-bond acceptors (Lipinski definition) is 4. The Morgan fingerprint density at radius 3 is 2.00 bits per heavy atom. The normalized spacial score (nSPS) is 20.0. The number of nitrogens with zero attached hydrogens (tertiary/aromatic N) is 1. The second-order valence-corrected chi connectivity index (χ2v) is 9.82. The summed E-state index contributed by atoms with van der Waals surface area (Å²) in [7, 11) is 0. The van der Waals surface area contributed by atoms with E-state index in [9.17, 15) is 26.7 Å². The summed E-state index contributed by atoms with van der Waals surface area (Å²) in [4.78, 5) is 17.9. The lowest BCUT2D eigenvalue weighted by atomic mass is 9.90. The van der Waals surface area contributed by atoms with Crippen molar-refractivity contribution < 1.29 is 36.2 Å². The van der Waals surface area contributed by atoms with Crippen LogP contribution in [-0.4, -0.2) is 24.1 Å². The Balaban J connectivity index is 1.41. The molecule has 204 valence electrons. The van der Waals surface area contributed by atoms with E-state index in [0.29, 0.717) is 11.1 Å². The van der Waals surface area contributed by atoms with E-state index in [1.165, 1.54) is 30.3 Å². The lowest BCUT2D eigenvalue weighted by Gasteiger charge is -2.25. The van der Waals surface area contributed by atoms with Gasteiger partial charge in [-0.3, -0.25) is 9.79 Å². The van der Waals surface area contributed by atoms with Crippen LogP contribution in [-0.2, 0) is 9.53 Å². The zero-order valence-electron chi connectivity index (χ0n) is 20.9. The van der Waals surface area contributed by atoms with E-state index in [0.717, 1.165) is 49.8 Å². The topological polar surface area (TPSA) is 47.9 Å². The number of aliphatic imine (C=N–C) groups is 1. The highest BCUT2D eigenvalue weighted by atomic mass is 19.4. The molecule has 0 radical (unpaired) electrons. The summed E-state index contributed by atoms with van der Waals surface area (Å²) >= 11 is 0. The average Bonchev–Trinajstić information content (AvgIpc) is 3.34. The SMILES string of the molecule is O=C(OC1CCCCC1)[C@H]1CC(c2c(F)cccc2F)=N[C@H]1c1ccc(-c2ccc(OC(F)(F)F)cc2)cc1. The fourth-order valence-electron chi connectivity index (χ4n) is 5.25. The van der Waals surface area contributed by atoms with E-state index in [1.54, 1.807) is 24.3 Å². The van der Waals surface area contributed by atoms with Gasteiger partial charge in [-0.1, -0.05) is 48.9 Å². The predicted octanol–water partition coefficient (Wildman–Crippen LogP) is 7.96. The molecule has 3 aromatic rings. The van der Waals surface area contributed by atoms with Crippen LogP contribution in [0.5, 0.6) is 5.75 Å². The van der Waals surface area contributed by atoms with Crippen LogP contribution in [0.3, 0.4) is 0 Å². The summed E-state index contributed by atoms with van der Waals surface area (Å²) in [5.41, 5.74) is 1.97. The Labute approximate surface area is 222 Å². The number of carbonyl (C=O) groups is 1. The molecule has 1 aliphatic carbocycles. The molecule has 2 aliphatic rings. The molecule has 1 fully saturated rings. The van der Waals surface area contributed by atoms with Crippen molar-refractivity contribution in [3.8, 4) is 16.9 Å². The van der Waals surface area contributed by atoms with Gasteiger partial charge in [-0.15, -0.1) is 13.2 Å². The fraction of sp³-hybridized carbons (Fsp3) is 0.333. The van der Waals surface area contributed by atoms with Gasteiger partial charge in [0, 0.05) is 12.1 Å². The van der Waals surface area contributed by atoms with Gasteiger partial charge < -0.3 is 9.47 Å². The molecule has 1 heterocycles. The molecule has 2 atom stereocenters. The molecule has 1 aliphatic heterocycles. The maximum Gasteiger partial charge on any atom is 0.573 e. The Kier molecular flexibility index (Phi) is 7.68. The lowest BCUT2D eigenvalue weighted by Crippen LogP contribution is -2.28. The third-order valence-electron chi connectivity index (χ3n) is 7.15. The van der Waals surface area contributed by atoms with Crippen molar-refractivity contribution >= 4 is 11.7 Å². The molecular weight excluding hydrogens is 517 g/mol. The van der Waals surface area contributed by atoms with Crippen molar-refractivity contribution in [3.63, 3.8) is 0 Å². The lowest BCUT2D eigenvalue weighted by molar-refractivity contribution is -0.274. The predicted molar refractivity (Wildman–Crippen MR) is 135 cm³/mol. The second kappa shape index (κ2) is 11.2. The second-order valence-electron chi connectivity index (χ2n) is 9.82. The quantitative estimate of drug-likeness (QED) is 0.234. The average molecular weight is 544 g/mol. The maximum atomic E-state index is 14.6. The van der Waals surface area contributed by atoms with Gasteiger partial charge in [0.25, 0.3) is 0 Å². The fourth-order valence-corrected chi connectivity index (χ4v) is 5.25. The number of carbonyl (C=O) groups excluding carboxylic acids is 1. The zero-order chi connectivity index (χ0) is 27.6. The summed E-state index contributed by atoms with van der Waals surface area (Å²) < 4.78 is 76.3. The molecule has 3 aromatic carbocycles. The highest BCUT2D eigenvalue weighted by Gasteiger charge is 2.40. The zero-order valence-corrected chi connectivity index (χ0v) is 20.9. The van der Waals surface area contributed by atoms with Crippen molar-refractivity contribution in [2.45, 2.75) is 57.0 Å². The number of alkyl halides is 3. The summed E-state index contributed by atoms with van der Waals surface area (Å²) in [5, 5.41) is 0. The van der Waals surface area contributed by atoms with Gasteiger partial charge in [0.1, 0.15) is 23.5 Å². The van der Waals surface area contributed by atoms with E-state index in [1.807, 2.05) is 0 Å². The number of hydrogen-bond donors (Lipinski definition) is 0. The minimum atomic E-state index is -4.77. The molecule has 0 bridgehead atoms. The van der Waals surface area contributed by atoms with Crippen LogP contribution in [0.15, 0.2) is 71.7 Å². The molecule has 1 saturated carbocycles. The monoisotopic (exact) mass is 543 g/mol. The van der Waals surface area contributed by atoms with Gasteiger partial charge in [-0.25, -0.2) is 8.78 Å². The van der Waals surface area contributed by atoms with E-state index in [4.69, 9.17) is 4.74 Å². The first-order valence-corrected chi connectivity index (χ1v) is 12.9. The smallest absolute Gasteiger partial charge is 0.462 e. The molecule has 0 aromatic heterocycles. The highest BCUT2D eigenvalue weighted by molar-refractivity contribution is 6.04. The number of benzene rings is 3. The van der Waals surface area contributed by atoms with Gasteiger partial charge in [0.2, 0.25) is 0 Å². The van der Waals surface area contributed by atoms with Crippen LogP contribution in [0.1, 0.15) is 55.7 Å². The van der Waals surface area contributed by atoms with E-state index in [-0.39, 0.29) is 29.5 Å². The van der Waals surface area contributed by atoms with Gasteiger partial charge >= 0.3 is 12.3 Å². The van der Waals surface area contributed by atoms with Gasteiger partial charge in [0.05, 0.1) is 17.5 Å². The molecule has 0 unspecified atom stereocenters. The molecule has 0 saturated heterocycles. The molecule has 9 heteroatoms. The molecule has 0 amide bonds. The van der Waals surface area contributed by atoms with E-state index < -0.39 is 35.9 Å². The Morgan fingerprint density at radius 1 is 0.821 bits per heavy atom. The van der Waals surface area contributed by atoms with Crippen LogP contribution in [0.25, 0.3) is 11.1 Å². The van der Waals surface area contributed by atoms with Crippen molar-refractivity contribution in [1.29, 1.82) is 0 Å². The van der Waals surface area contributed by atoms with Gasteiger partial charge in [-0.2, -0.15) is 0 Å². The third kappa shape index (κ3) is 6.29. The Bertz CT molecular complexity index is 1330. The summed E-state index contributed by atoms with van der Waals surface area (Å²) in [6.07, 6.45) is -0.253. The number of rotatable bonds is 6. The summed E-state index contributed by atoms with van der Waals surface area (Å²) in [5.74, 6) is -3.00. The summed E-state index contributed by atoms with van der Waals surface area (Å²) in [6.45, 7) is 0. The first-order valence-electron chi connectivity index (χ1n) is 12.9. The molecule has 5 rings (SSSR count). The van der Waals surface area contributed by atoms with Crippen molar-refractivity contribution in [3.05, 3.63) is 89.5 Å². The van der Waals surface area contributed by atoms with Crippen molar-refractivity contribution in [2.24, 2.45) is 10.9 Å². The standard InChI is InChI=1S/C30H26F5NO3/c31-24-7-4-8-25(32)27(24)26-17-23(29(37)38-21-5-2-1-3-6-21)28(36-26)20-11-9-18(10-12-20)19-13-15-22(16-14-19)39-30(33,34)35/h4,7-16,21,23,28H,1-3,5-6,17H2/t23-,28-/m0/s1. The molecule has 0 spiro atoms. The van der Waals surface area contributed by atoms with Crippen LogP contribution >= 0.6 is 0 Å². The minimum Gasteiger partial charge on any atom is -0.462 e. The minimum absolute atomic E-state index is 0.0382. The van der Waals surface area contributed by atoms with Crippen LogP contribution in [0, 0.1) is 17.6 Å². The highest BCUT2D eigenvalue weighted by Crippen LogP contribution is 2.40.